The van der Waals surface area contributed by atoms with Gasteiger partial charge in [0.15, 0.2) is 5.03 Å². The van der Waals surface area contributed by atoms with Crippen LogP contribution in [0.25, 0.3) is 0 Å². The van der Waals surface area contributed by atoms with Gasteiger partial charge in [-0.2, -0.15) is 9.40 Å². The third-order valence-electron chi connectivity index (χ3n) is 6.71. The van der Waals surface area contributed by atoms with Gasteiger partial charge in [-0.15, -0.1) is 0 Å². The fourth-order valence-corrected chi connectivity index (χ4v) is 6.61. The number of fused-ring (bicyclic) bond motifs is 1. The molecule has 5 rings (SSSR count). The van der Waals surface area contributed by atoms with Crippen molar-refractivity contribution in [3.8, 4) is 0 Å². The maximum absolute atomic E-state index is 13.2. The van der Waals surface area contributed by atoms with Crippen LogP contribution in [-0.4, -0.2) is 47.7 Å². The van der Waals surface area contributed by atoms with Crippen molar-refractivity contribution in [2.75, 3.05) is 13.1 Å². The summed E-state index contributed by atoms with van der Waals surface area (Å²) in [7, 11) is -1.85. The summed E-state index contributed by atoms with van der Waals surface area (Å²) in [5.74, 6) is 0.928. The summed E-state index contributed by atoms with van der Waals surface area (Å²) in [5, 5.41) is 7.65. The minimum Gasteiger partial charge on any atom is -0.445 e. The third kappa shape index (κ3) is 4.21. The van der Waals surface area contributed by atoms with Crippen LogP contribution in [0, 0.1) is 11.8 Å². The van der Waals surface area contributed by atoms with Crippen molar-refractivity contribution < 1.29 is 17.9 Å². The van der Waals surface area contributed by atoms with Crippen molar-refractivity contribution in [3.63, 3.8) is 0 Å². The normalized spacial score (nSPS) is 26.0. The SMILES string of the molecule is Cn1nc(C2CC2)cc1S(=O)(=O)N1CC2CC(NC(=O)OCc3ccccc3)CC2C1. The Morgan fingerprint density at radius 2 is 1.84 bits per heavy atom. The minimum absolute atomic E-state index is 0.0290. The van der Waals surface area contributed by atoms with Crippen molar-refractivity contribution >= 4 is 16.1 Å². The van der Waals surface area contributed by atoms with Gasteiger partial charge in [-0.1, -0.05) is 30.3 Å². The van der Waals surface area contributed by atoms with Crippen LogP contribution in [0.4, 0.5) is 4.79 Å². The number of aromatic nitrogens is 2. The number of sulfonamides is 1. The van der Waals surface area contributed by atoms with E-state index in [1.165, 1.54) is 4.68 Å². The van der Waals surface area contributed by atoms with E-state index in [2.05, 4.69) is 10.4 Å². The standard InChI is InChI=1S/C22H28N4O4S/c1-25-21(11-20(24-25)16-7-8-16)31(28,29)26-12-17-9-19(10-18(17)13-26)23-22(27)30-14-15-5-3-2-4-6-15/h2-6,11,16-19H,7-10,12-14H2,1H3,(H,23,27). The number of amides is 1. The van der Waals surface area contributed by atoms with Gasteiger partial charge in [0.2, 0.25) is 0 Å². The third-order valence-corrected chi connectivity index (χ3v) is 8.60. The van der Waals surface area contributed by atoms with Crippen LogP contribution in [0.2, 0.25) is 0 Å². The van der Waals surface area contributed by atoms with Gasteiger partial charge >= 0.3 is 6.09 Å². The monoisotopic (exact) mass is 444 g/mol. The summed E-state index contributed by atoms with van der Waals surface area (Å²) >= 11 is 0. The van der Waals surface area contributed by atoms with Crippen LogP contribution in [0.3, 0.4) is 0 Å². The van der Waals surface area contributed by atoms with Crippen LogP contribution in [0.5, 0.6) is 0 Å². The molecule has 1 aromatic heterocycles. The Kier molecular flexibility index (Phi) is 5.26. The van der Waals surface area contributed by atoms with E-state index in [0.29, 0.717) is 19.0 Å². The fraction of sp³-hybridized carbons (Fsp3) is 0.545. The number of carbonyl (C=O) groups is 1. The second-order valence-corrected chi connectivity index (χ2v) is 10.9. The maximum Gasteiger partial charge on any atom is 0.407 e. The number of nitrogens with zero attached hydrogens (tertiary/aromatic N) is 3. The van der Waals surface area contributed by atoms with E-state index in [4.69, 9.17) is 4.74 Å². The number of benzene rings is 1. The van der Waals surface area contributed by atoms with Crippen molar-refractivity contribution in [2.24, 2.45) is 18.9 Å². The molecular formula is C22H28N4O4S. The molecule has 1 N–H and O–H groups in total. The van der Waals surface area contributed by atoms with Gasteiger partial charge in [0, 0.05) is 38.2 Å². The van der Waals surface area contributed by atoms with E-state index in [-0.39, 0.29) is 29.5 Å². The summed E-state index contributed by atoms with van der Waals surface area (Å²) in [5.41, 5.74) is 1.83. The van der Waals surface area contributed by atoms with Crippen LogP contribution in [0.1, 0.15) is 42.9 Å². The first-order valence-electron chi connectivity index (χ1n) is 10.9. The van der Waals surface area contributed by atoms with Gasteiger partial charge in [0.05, 0.1) is 5.69 Å². The van der Waals surface area contributed by atoms with E-state index in [0.717, 1.165) is 36.9 Å². The largest absolute Gasteiger partial charge is 0.445 e. The average molecular weight is 445 g/mol. The van der Waals surface area contributed by atoms with Crippen LogP contribution >= 0.6 is 0 Å². The number of nitrogens with one attached hydrogen (secondary N) is 1. The number of rotatable bonds is 6. The van der Waals surface area contributed by atoms with E-state index in [9.17, 15) is 13.2 Å². The zero-order valence-corrected chi connectivity index (χ0v) is 18.4. The Morgan fingerprint density at radius 3 is 2.48 bits per heavy atom. The van der Waals surface area contributed by atoms with Gasteiger partial charge in [-0.25, -0.2) is 13.2 Å². The van der Waals surface area contributed by atoms with Crippen LogP contribution < -0.4 is 5.32 Å². The smallest absolute Gasteiger partial charge is 0.407 e. The quantitative estimate of drug-likeness (QED) is 0.739. The number of hydrogen-bond acceptors (Lipinski definition) is 5. The highest BCUT2D eigenvalue weighted by molar-refractivity contribution is 7.89. The molecule has 2 heterocycles. The second kappa shape index (κ2) is 7.94. The van der Waals surface area contributed by atoms with Gasteiger partial charge in [-0.05, 0) is 43.1 Å². The van der Waals surface area contributed by atoms with Crippen molar-refractivity contribution in [1.29, 1.82) is 0 Å². The first-order chi connectivity index (χ1) is 14.9. The molecule has 2 unspecified atom stereocenters. The molecule has 1 saturated heterocycles. The van der Waals surface area contributed by atoms with Crippen molar-refractivity contribution in [2.45, 2.75) is 49.3 Å². The lowest BCUT2D eigenvalue weighted by Gasteiger charge is -2.19. The van der Waals surface area contributed by atoms with E-state index < -0.39 is 16.1 Å². The lowest BCUT2D eigenvalue weighted by atomic mass is 10.0. The minimum atomic E-state index is -3.55. The Morgan fingerprint density at radius 1 is 1.16 bits per heavy atom. The number of carbonyl (C=O) groups excluding carboxylic acids is 1. The summed E-state index contributed by atoms with van der Waals surface area (Å²) < 4.78 is 34.8. The molecule has 0 bridgehead atoms. The van der Waals surface area contributed by atoms with Gasteiger partial charge in [0.1, 0.15) is 6.61 Å². The van der Waals surface area contributed by atoms with E-state index in [1.807, 2.05) is 30.3 Å². The molecule has 8 nitrogen and oxygen atoms in total. The Labute approximate surface area is 182 Å². The topological polar surface area (TPSA) is 93.5 Å². The van der Waals surface area contributed by atoms with E-state index >= 15 is 0 Å². The summed E-state index contributed by atoms with van der Waals surface area (Å²) in [4.78, 5) is 12.2. The van der Waals surface area contributed by atoms with Crippen LogP contribution in [-0.2, 0) is 28.4 Å². The first-order valence-corrected chi connectivity index (χ1v) is 12.4. The predicted molar refractivity (Wildman–Crippen MR) is 114 cm³/mol. The molecular weight excluding hydrogens is 416 g/mol. The Balaban J connectivity index is 1.15. The van der Waals surface area contributed by atoms with Gasteiger partial charge < -0.3 is 10.1 Å². The zero-order chi connectivity index (χ0) is 21.6. The molecule has 2 saturated carbocycles. The molecule has 9 heteroatoms. The predicted octanol–water partition coefficient (Wildman–Crippen LogP) is 2.62. The van der Waals surface area contributed by atoms with Crippen LogP contribution in [0.15, 0.2) is 41.4 Å². The summed E-state index contributed by atoms with van der Waals surface area (Å²) in [6.07, 6.45) is 3.31. The summed E-state index contributed by atoms with van der Waals surface area (Å²) in [6, 6.07) is 11.3. The lowest BCUT2D eigenvalue weighted by molar-refractivity contribution is 0.135. The number of aryl methyl sites for hydroxylation is 1. The zero-order valence-electron chi connectivity index (χ0n) is 17.6. The highest BCUT2D eigenvalue weighted by atomic mass is 32.2. The highest BCUT2D eigenvalue weighted by Crippen LogP contribution is 2.42. The molecule has 1 aliphatic heterocycles. The molecule has 166 valence electrons. The number of alkyl carbamates (subject to hydrolysis) is 1. The maximum atomic E-state index is 13.2. The molecule has 1 aromatic carbocycles. The Hall–Kier alpha value is -2.39. The number of hydrogen-bond donors (Lipinski definition) is 1. The molecule has 3 aliphatic rings. The average Bonchev–Trinajstić information content (AvgIpc) is 3.23. The lowest BCUT2D eigenvalue weighted by Crippen LogP contribution is -2.36. The molecule has 2 atom stereocenters. The molecule has 2 aromatic rings. The molecule has 2 aliphatic carbocycles. The van der Waals surface area contributed by atoms with Gasteiger partial charge in [-0.3, -0.25) is 4.68 Å². The molecule has 1 amide bonds. The molecule has 0 radical (unpaired) electrons. The second-order valence-electron chi connectivity index (χ2n) is 9.02. The molecule has 3 fully saturated rings. The fourth-order valence-electron chi connectivity index (χ4n) is 4.93. The Bertz CT molecular complexity index is 1050. The number of ether oxygens (including phenoxy) is 1. The molecule has 0 spiro atoms. The molecule has 31 heavy (non-hydrogen) atoms. The highest BCUT2D eigenvalue weighted by Gasteiger charge is 2.46. The van der Waals surface area contributed by atoms with Crippen molar-refractivity contribution in [1.82, 2.24) is 19.4 Å². The van der Waals surface area contributed by atoms with Gasteiger partial charge in [0.25, 0.3) is 10.0 Å². The summed E-state index contributed by atoms with van der Waals surface area (Å²) in [6.45, 7) is 1.23. The van der Waals surface area contributed by atoms with E-state index in [1.54, 1.807) is 17.4 Å². The van der Waals surface area contributed by atoms with Crippen molar-refractivity contribution in [3.05, 3.63) is 47.7 Å². The first kappa shape index (κ1) is 20.5.